The molecular weight excluding hydrogens is 340 g/mol. The molecule has 0 spiro atoms. The quantitative estimate of drug-likeness (QED) is 0.821. The summed E-state index contributed by atoms with van der Waals surface area (Å²) >= 11 is 0. The van der Waals surface area contributed by atoms with Crippen LogP contribution in [0.1, 0.15) is 46.0 Å². The summed E-state index contributed by atoms with van der Waals surface area (Å²) < 4.78 is 5.92. The van der Waals surface area contributed by atoms with Crippen molar-refractivity contribution < 1.29 is 14.3 Å². The summed E-state index contributed by atoms with van der Waals surface area (Å²) in [6.07, 6.45) is 2.13. The van der Waals surface area contributed by atoms with Crippen LogP contribution in [-0.2, 0) is 6.54 Å². The van der Waals surface area contributed by atoms with Gasteiger partial charge in [-0.25, -0.2) is 0 Å². The number of hydrogen-bond donors (Lipinski definition) is 0. The maximum absolute atomic E-state index is 13.0. The number of rotatable bonds is 2. The van der Waals surface area contributed by atoms with Crippen LogP contribution >= 0.6 is 0 Å². The number of benzene rings is 2. The summed E-state index contributed by atoms with van der Waals surface area (Å²) in [5.74, 6) is 0.799. The molecule has 0 radical (unpaired) electrons. The second-order valence-corrected chi connectivity index (χ2v) is 7.28. The average molecular weight is 364 g/mol. The third-order valence-electron chi connectivity index (χ3n) is 5.34. The van der Waals surface area contributed by atoms with Crippen LogP contribution < -0.4 is 4.74 Å². The van der Waals surface area contributed by atoms with E-state index in [2.05, 4.69) is 0 Å². The molecule has 2 aliphatic heterocycles. The van der Waals surface area contributed by atoms with E-state index in [1.807, 2.05) is 65.3 Å². The van der Waals surface area contributed by atoms with Gasteiger partial charge in [0.1, 0.15) is 12.4 Å². The second-order valence-electron chi connectivity index (χ2n) is 7.28. The number of ether oxygens (including phenoxy) is 1. The van der Waals surface area contributed by atoms with Crippen molar-refractivity contribution in [3.05, 3.63) is 65.2 Å². The number of likely N-dealkylation sites (tertiary alicyclic amines) is 1. The lowest BCUT2D eigenvalue weighted by atomic mass is 10.1. The summed E-state index contributed by atoms with van der Waals surface area (Å²) in [6, 6.07) is 14.8. The third-order valence-corrected chi connectivity index (χ3v) is 5.34. The van der Waals surface area contributed by atoms with Gasteiger partial charge in [-0.15, -0.1) is 0 Å². The van der Waals surface area contributed by atoms with Crippen LogP contribution in [-0.4, -0.2) is 47.4 Å². The smallest absolute Gasteiger partial charge is 0.254 e. The number of carbonyl (C=O) groups excluding carboxylic acids is 2. The zero-order valence-electron chi connectivity index (χ0n) is 15.6. The molecule has 2 aromatic rings. The van der Waals surface area contributed by atoms with Gasteiger partial charge in [0.25, 0.3) is 11.8 Å². The standard InChI is InChI=1S/C22H24N2O3/c1-16-15-27-20-10-9-18(21(25)23-11-5-6-12-23)13-19(20)14-24(16)22(26)17-7-3-2-4-8-17/h2-4,7-10,13,16H,5-6,11-12,14-15H2,1H3/t16-/m0/s1. The van der Waals surface area contributed by atoms with Gasteiger partial charge in [0, 0.05) is 29.8 Å². The molecule has 1 saturated heterocycles. The Balaban J connectivity index is 1.61. The lowest BCUT2D eigenvalue weighted by Gasteiger charge is -2.26. The van der Waals surface area contributed by atoms with E-state index in [4.69, 9.17) is 4.74 Å². The Labute approximate surface area is 159 Å². The molecule has 1 fully saturated rings. The number of nitrogens with zero attached hydrogens (tertiary/aromatic N) is 2. The molecule has 0 N–H and O–H groups in total. The fraction of sp³-hybridized carbons (Fsp3) is 0.364. The summed E-state index contributed by atoms with van der Waals surface area (Å²) in [6.45, 7) is 4.50. The van der Waals surface area contributed by atoms with Crippen molar-refractivity contribution in [1.82, 2.24) is 9.80 Å². The topological polar surface area (TPSA) is 49.9 Å². The van der Waals surface area contributed by atoms with E-state index in [0.717, 1.165) is 37.2 Å². The Morgan fingerprint density at radius 2 is 1.70 bits per heavy atom. The molecule has 2 aromatic carbocycles. The van der Waals surface area contributed by atoms with Crippen molar-refractivity contribution in [2.24, 2.45) is 0 Å². The first-order valence-electron chi connectivity index (χ1n) is 9.54. The van der Waals surface area contributed by atoms with Gasteiger partial charge in [-0.3, -0.25) is 9.59 Å². The highest BCUT2D eigenvalue weighted by molar-refractivity contribution is 5.95. The molecule has 0 aliphatic carbocycles. The molecule has 2 aliphatic rings. The zero-order valence-corrected chi connectivity index (χ0v) is 15.6. The van der Waals surface area contributed by atoms with Gasteiger partial charge in [0.15, 0.2) is 0 Å². The van der Waals surface area contributed by atoms with E-state index in [9.17, 15) is 9.59 Å². The first-order chi connectivity index (χ1) is 13.1. The molecular formula is C22H24N2O3. The van der Waals surface area contributed by atoms with E-state index in [1.54, 1.807) is 0 Å². The fourth-order valence-electron chi connectivity index (χ4n) is 3.74. The van der Waals surface area contributed by atoms with E-state index >= 15 is 0 Å². The Bertz CT molecular complexity index is 844. The van der Waals surface area contributed by atoms with Gasteiger partial charge in [0.2, 0.25) is 0 Å². The minimum atomic E-state index is -0.0529. The molecule has 5 nitrogen and oxygen atoms in total. The SMILES string of the molecule is C[C@H]1COc2ccc(C(=O)N3CCCC3)cc2CN1C(=O)c1ccccc1. The predicted octanol–water partition coefficient (Wildman–Crippen LogP) is 3.35. The van der Waals surface area contributed by atoms with Gasteiger partial charge in [0.05, 0.1) is 12.6 Å². The summed E-state index contributed by atoms with van der Waals surface area (Å²) in [7, 11) is 0. The molecule has 0 aromatic heterocycles. The molecule has 1 atom stereocenters. The summed E-state index contributed by atoms with van der Waals surface area (Å²) in [4.78, 5) is 29.4. The van der Waals surface area contributed by atoms with Gasteiger partial charge < -0.3 is 14.5 Å². The van der Waals surface area contributed by atoms with Crippen molar-refractivity contribution in [1.29, 1.82) is 0 Å². The lowest BCUT2D eigenvalue weighted by Crippen LogP contribution is -2.39. The predicted molar refractivity (Wildman–Crippen MR) is 103 cm³/mol. The third kappa shape index (κ3) is 3.54. The average Bonchev–Trinajstić information content (AvgIpc) is 3.19. The van der Waals surface area contributed by atoms with Crippen molar-refractivity contribution in [3.63, 3.8) is 0 Å². The highest BCUT2D eigenvalue weighted by Gasteiger charge is 2.28. The molecule has 2 amide bonds. The van der Waals surface area contributed by atoms with Crippen molar-refractivity contribution in [3.8, 4) is 5.75 Å². The van der Waals surface area contributed by atoms with Gasteiger partial charge in [-0.2, -0.15) is 0 Å². The maximum atomic E-state index is 13.0. The minimum Gasteiger partial charge on any atom is -0.491 e. The first-order valence-corrected chi connectivity index (χ1v) is 9.54. The molecule has 27 heavy (non-hydrogen) atoms. The summed E-state index contributed by atoms with van der Waals surface area (Å²) in [5.41, 5.74) is 2.21. The van der Waals surface area contributed by atoms with Gasteiger partial charge >= 0.3 is 0 Å². The summed E-state index contributed by atoms with van der Waals surface area (Å²) in [5, 5.41) is 0. The zero-order chi connectivity index (χ0) is 18.8. The molecule has 0 unspecified atom stereocenters. The highest BCUT2D eigenvalue weighted by atomic mass is 16.5. The molecule has 0 bridgehead atoms. The Morgan fingerprint density at radius 3 is 2.44 bits per heavy atom. The van der Waals surface area contributed by atoms with Crippen molar-refractivity contribution >= 4 is 11.8 Å². The second kappa shape index (κ2) is 7.43. The van der Waals surface area contributed by atoms with Gasteiger partial charge in [-0.1, -0.05) is 18.2 Å². The minimum absolute atomic E-state index is 0.0178. The van der Waals surface area contributed by atoms with E-state index in [-0.39, 0.29) is 17.9 Å². The molecule has 2 heterocycles. The number of hydrogen-bond acceptors (Lipinski definition) is 3. The normalized spacial score (nSPS) is 19.2. The van der Waals surface area contributed by atoms with Crippen LogP contribution in [0.3, 0.4) is 0 Å². The van der Waals surface area contributed by atoms with Crippen LogP contribution in [0.4, 0.5) is 0 Å². The Morgan fingerprint density at radius 1 is 0.963 bits per heavy atom. The van der Waals surface area contributed by atoms with Crippen LogP contribution in [0.2, 0.25) is 0 Å². The van der Waals surface area contributed by atoms with Gasteiger partial charge in [-0.05, 0) is 50.1 Å². The number of carbonyl (C=O) groups is 2. The van der Waals surface area contributed by atoms with Crippen LogP contribution in [0.5, 0.6) is 5.75 Å². The Kier molecular flexibility index (Phi) is 4.84. The number of amides is 2. The van der Waals surface area contributed by atoms with E-state index < -0.39 is 0 Å². The fourth-order valence-corrected chi connectivity index (χ4v) is 3.74. The largest absolute Gasteiger partial charge is 0.491 e. The first kappa shape index (κ1) is 17.6. The lowest BCUT2D eigenvalue weighted by molar-refractivity contribution is 0.0645. The number of fused-ring (bicyclic) bond motifs is 1. The van der Waals surface area contributed by atoms with Crippen molar-refractivity contribution in [2.75, 3.05) is 19.7 Å². The molecule has 0 saturated carbocycles. The molecule has 5 heteroatoms. The van der Waals surface area contributed by atoms with Crippen LogP contribution in [0, 0.1) is 0 Å². The maximum Gasteiger partial charge on any atom is 0.254 e. The molecule has 4 rings (SSSR count). The van der Waals surface area contributed by atoms with E-state index in [1.165, 1.54) is 0 Å². The van der Waals surface area contributed by atoms with Crippen LogP contribution in [0.15, 0.2) is 48.5 Å². The van der Waals surface area contributed by atoms with E-state index in [0.29, 0.717) is 24.3 Å². The van der Waals surface area contributed by atoms with Crippen LogP contribution in [0.25, 0.3) is 0 Å². The molecule has 140 valence electrons. The monoisotopic (exact) mass is 364 g/mol. The highest BCUT2D eigenvalue weighted by Crippen LogP contribution is 2.28. The van der Waals surface area contributed by atoms with Crippen molar-refractivity contribution in [2.45, 2.75) is 32.4 Å². The Hall–Kier alpha value is -2.82.